The minimum absolute atomic E-state index is 0.0110. The lowest BCUT2D eigenvalue weighted by Gasteiger charge is -2.15. The molecule has 1 aromatic heterocycles. The van der Waals surface area contributed by atoms with Crippen LogP contribution in [0.1, 0.15) is 5.56 Å². The Morgan fingerprint density at radius 1 is 1.00 bits per heavy atom. The number of carbonyl (C=O) groups excluding carboxylic acids is 1. The third-order valence-electron chi connectivity index (χ3n) is 5.53. The maximum Gasteiger partial charge on any atom is 0.244 e. The van der Waals surface area contributed by atoms with Gasteiger partial charge in [0.05, 0.1) is 15.8 Å². The molecule has 5 rings (SSSR count). The molecule has 0 bridgehead atoms. The van der Waals surface area contributed by atoms with Crippen molar-refractivity contribution in [2.45, 2.75) is 23.3 Å². The molecule has 3 aromatic carbocycles. The molecule has 1 amide bonds. The van der Waals surface area contributed by atoms with Crippen molar-refractivity contribution in [2.75, 3.05) is 12.1 Å². The number of rotatable bonds is 5. The maximum atomic E-state index is 13.3. The summed E-state index contributed by atoms with van der Waals surface area (Å²) in [6.07, 6.45) is 1.21. The number of aryl methyl sites for hydroxylation is 1. The molecule has 4 aromatic rings. The SMILES string of the molecule is Cc1ccc(NC(=O)Cn2cc(S(=O)(=O)c3ccccc3)c(=O)c3cc4c(cc32)OCO4)cc1. The molecule has 0 atom stereocenters. The molecule has 0 aliphatic carbocycles. The van der Waals surface area contributed by atoms with E-state index in [2.05, 4.69) is 5.32 Å². The van der Waals surface area contributed by atoms with E-state index in [-0.39, 0.29) is 29.5 Å². The Bertz CT molecular complexity index is 1580. The number of sulfone groups is 1. The molecule has 1 aliphatic rings. The van der Waals surface area contributed by atoms with Gasteiger partial charge in [0, 0.05) is 18.0 Å². The third kappa shape index (κ3) is 3.90. The van der Waals surface area contributed by atoms with Crippen molar-refractivity contribution in [1.82, 2.24) is 4.57 Å². The van der Waals surface area contributed by atoms with Gasteiger partial charge in [0.15, 0.2) is 11.5 Å². The highest BCUT2D eigenvalue weighted by molar-refractivity contribution is 7.91. The van der Waals surface area contributed by atoms with Crippen LogP contribution in [0.2, 0.25) is 0 Å². The highest BCUT2D eigenvalue weighted by Crippen LogP contribution is 2.35. The van der Waals surface area contributed by atoms with E-state index < -0.39 is 20.2 Å². The summed E-state index contributed by atoms with van der Waals surface area (Å²) in [5.41, 5.74) is 1.35. The van der Waals surface area contributed by atoms with Gasteiger partial charge >= 0.3 is 0 Å². The van der Waals surface area contributed by atoms with Crippen LogP contribution in [-0.2, 0) is 21.2 Å². The van der Waals surface area contributed by atoms with E-state index >= 15 is 0 Å². The van der Waals surface area contributed by atoms with Crippen LogP contribution in [-0.4, -0.2) is 25.7 Å². The molecular formula is C25H20N2O6S. The average molecular weight is 477 g/mol. The Labute approximate surface area is 195 Å². The van der Waals surface area contributed by atoms with Gasteiger partial charge < -0.3 is 19.4 Å². The summed E-state index contributed by atoms with van der Waals surface area (Å²) in [7, 11) is -4.13. The zero-order valence-electron chi connectivity index (χ0n) is 18.1. The maximum absolute atomic E-state index is 13.3. The fourth-order valence-corrected chi connectivity index (χ4v) is 5.18. The van der Waals surface area contributed by atoms with Crippen molar-refractivity contribution in [1.29, 1.82) is 0 Å². The molecule has 1 aliphatic heterocycles. The first-order chi connectivity index (χ1) is 16.3. The van der Waals surface area contributed by atoms with Crippen molar-refractivity contribution < 1.29 is 22.7 Å². The fraction of sp³-hybridized carbons (Fsp3) is 0.120. The minimum Gasteiger partial charge on any atom is -0.454 e. The molecule has 2 heterocycles. The predicted molar refractivity (Wildman–Crippen MR) is 126 cm³/mol. The largest absolute Gasteiger partial charge is 0.454 e. The van der Waals surface area contributed by atoms with Crippen molar-refractivity contribution in [3.8, 4) is 11.5 Å². The second kappa shape index (κ2) is 8.35. The van der Waals surface area contributed by atoms with Crippen LogP contribution >= 0.6 is 0 Å². The van der Waals surface area contributed by atoms with E-state index in [4.69, 9.17) is 9.47 Å². The van der Waals surface area contributed by atoms with Crippen LogP contribution in [0.3, 0.4) is 0 Å². The van der Waals surface area contributed by atoms with Crippen molar-refractivity contribution in [3.05, 3.63) is 88.7 Å². The number of hydrogen-bond donors (Lipinski definition) is 1. The van der Waals surface area contributed by atoms with Crippen LogP contribution < -0.4 is 20.2 Å². The smallest absolute Gasteiger partial charge is 0.244 e. The molecule has 0 spiro atoms. The van der Waals surface area contributed by atoms with E-state index in [1.807, 2.05) is 19.1 Å². The number of nitrogens with zero attached hydrogens (tertiary/aromatic N) is 1. The summed E-state index contributed by atoms with van der Waals surface area (Å²) >= 11 is 0. The van der Waals surface area contributed by atoms with E-state index in [0.29, 0.717) is 22.7 Å². The topological polar surface area (TPSA) is 104 Å². The normalized spacial score (nSPS) is 12.6. The summed E-state index contributed by atoms with van der Waals surface area (Å²) in [5, 5.41) is 2.91. The Morgan fingerprint density at radius 3 is 2.38 bits per heavy atom. The molecule has 172 valence electrons. The van der Waals surface area contributed by atoms with E-state index in [1.54, 1.807) is 36.4 Å². The number of pyridine rings is 1. The van der Waals surface area contributed by atoms with Gasteiger partial charge in [0.25, 0.3) is 0 Å². The summed E-state index contributed by atoms with van der Waals surface area (Å²) in [6.45, 7) is 1.71. The number of hydrogen-bond acceptors (Lipinski definition) is 6. The number of benzene rings is 3. The Morgan fingerprint density at radius 2 is 1.68 bits per heavy atom. The van der Waals surface area contributed by atoms with Crippen LogP contribution in [0.4, 0.5) is 5.69 Å². The zero-order chi connectivity index (χ0) is 23.9. The highest BCUT2D eigenvalue weighted by atomic mass is 32.2. The van der Waals surface area contributed by atoms with Gasteiger partial charge in [-0.1, -0.05) is 35.9 Å². The summed E-state index contributed by atoms with van der Waals surface area (Å²) in [4.78, 5) is 25.7. The standard InChI is InChI=1S/C25H20N2O6S/c1-16-7-9-17(10-8-16)26-24(28)14-27-13-23(34(30,31)18-5-3-2-4-6-18)25(29)19-11-21-22(12-20(19)27)33-15-32-21/h2-13H,14-15H2,1H3,(H,26,28). The summed E-state index contributed by atoms with van der Waals surface area (Å²) in [5.74, 6) is 0.377. The van der Waals surface area contributed by atoms with Crippen LogP contribution in [0.5, 0.6) is 11.5 Å². The number of anilines is 1. The minimum atomic E-state index is -4.13. The number of carbonyl (C=O) groups is 1. The second-order valence-corrected chi connectivity index (χ2v) is 9.82. The molecule has 34 heavy (non-hydrogen) atoms. The molecular weight excluding hydrogens is 456 g/mol. The number of aromatic nitrogens is 1. The summed E-state index contributed by atoms with van der Waals surface area (Å²) < 4.78 is 38.9. The Hall–Kier alpha value is -4.11. The van der Waals surface area contributed by atoms with Gasteiger partial charge in [0.1, 0.15) is 11.4 Å². The van der Waals surface area contributed by atoms with E-state index in [9.17, 15) is 18.0 Å². The van der Waals surface area contributed by atoms with Gasteiger partial charge in [-0.05, 0) is 37.3 Å². The zero-order valence-corrected chi connectivity index (χ0v) is 19.0. The molecule has 8 nitrogen and oxygen atoms in total. The van der Waals surface area contributed by atoms with Crippen molar-refractivity contribution in [2.24, 2.45) is 0 Å². The van der Waals surface area contributed by atoms with Gasteiger partial charge in [-0.15, -0.1) is 0 Å². The molecule has 1 N–H and O–H groups in total. The molecule has 9 heteroatoms. The lowest BCUT2D eigenvalue weighted by molar-refractivity contribution is -0.116. The molecule has 0 saturated heterocycles. The van der Waals surface area contributed by atoms with Crippen LogP contribution in [0.25, 0.3) is 10.9 Å². The lowest BCUT2D eigenvalue weighted by atomic mass is 10.2. The first-order valence-corrected chi connectivity index (χ1v) is 11.9. The quantitative estimate of drug-likeness (QED) is 0.473. The number of fused-ring (bicyclic) bond motifs is 2. The monoisotopic (exact) mass is 476 g/mol. The summed E-state index contributed by atoms with van der Waals surface area (Å²) in [6, 6.07) is 18.0. The van der Waals surface area contributed by atoms with Crippen molar-refractivity contribution >= 4 is 32.3 Å². The molecule has 0 radical (unpaired) electrons. The first kappa shape index (κ1) is 21.7. The Kier molecular flexibility index (Phi) is 5.33. The van der Waals surface area contributed by atoms with E-state index in [0.717, 1.165) is 5.56 Å². The molecule has 0 unspecified atom stereocenters. The number of amides is 1. The fourth-order valence-electron chi connectivity index (χ4n) is 3.79. The van der Waals surface area contributed by atoms with Crippen LogP contribution in [0, 0.1) is 6.92 Å². The number of ether oxygens (including phenoxy) is 2. The van der Waals surface area contributed by atoms with Gasteiger partial charge in [-0.25, -0.2) is 8.42 Å². The van der Waals surface area contributed by atoms with Gasteiger partial charge in [-0.3, -0.25) is 9.59 Å². The van der Waals surface area contributed by atoms with E-state index in [1.165, 1.54) is 29.0 Å². The van der Waals surface area contributed by atoms with Crippen LogP contribution in [0.15, 0.2) is 87.5 Å². The third-order valence-corrected chi connectivity index (χ3v) is 7.30. The lowest BCUT2D eigenvalue weighted by Crippen LogP contribution is -2.24. The molecule has 0 fully saturated rings. The number of nitrogens with one attached hydrogen (secondary N) is 1. The first-order valence-electron chi connectivity index (χ1n) is 10.5. The highest BCUT2D eigenvalue weighted by Gasteiger charge is 2.26. The Balaban J connectivity index is 1.64. The second-order valence-electron chi connectivity index (χ2n) is 7.90. The average Bonchev–Trinajstić information content (AvgIpc) is 3.29. The van der Waals surface area contributed by atoms with Gasteiger partial charge in [-0.2, -0.15) is 0 Å². The van der Waals surface area contributed by atoms with Gasteiger partial charge in [0.2, 0.25) is 28.0 Å². The predicted octanol–water partition coefficient (Wildman–Crippen LogP) is 3.51. The van der Waals surface area contributed by atoms with Crippen molar-refractivity contribution in [3.63, 3.8) is 0 Å². The molecule has 0 saturated carbocycles.